The molecule has 0 saturated heterocycles. The minimum atomic E-state index is -3.78. The van der Waals surface area contributed by atoms with E-state index in [1.54, 1.807) is 12.1 Å². The molecule has 5 nitrogen and oxygen atoms in total. The molecule has 1 aliphatic heterocycles. The Balaban J connectivity index is 2.59. The van der Waals surface area contributed by atoms with Gasteiger partial charge in [0.2, 0.25) is 0 Å². The Morgan fingerprint density at radius 3 is 2.82 bits per heavy atom. The van der Waals surface area contributed by atoms with Crippen LogP contribution >= 0.6 is 0 Å². The maximum absolute atomic E-state index is 12.1. The summed E-state index contributed by atoms with van der Waals surface area (Å²) in [6.45, 7) is 1.83. The monoisotopic (exact) mass is 255 g/mol. The first-order chi connectivity index (χ1) is 7.96. The van der Waals surface area contributed by atoms with Crippen LogP contribution in [0.5, 0.6) is 0 Å². The number of benzene rings is 1. The van der Waals surface area contributed by atoms with Gasteiger partial charge in [-0.1, -0.05) is 13.0 Å². The number of carboxylic acid groups (broad SMARTS) is 1. The minimum Gasteiger partial charge on any atom is -0.480 e. The molecule has 0 aromatic heterocycles. The van der Waals surface area contributed by atoms with Crippen molar-refractivity contribution in [2.24, 2.45) is 0 Å². The van der Waals surface area contributed by atoms with Crippen LogP contribution in [0.4, 0.5) is 5.69 Å². The van der Waals surface area contributed by atoms with Crippen molar-refractivity contribution in [2.45, 2.75) is 23.5 Å². The van der Waals surface area contributed by atoms with Crippen LogP contribution in [-0.4, -0.2) is 31.3 Å². The van der Waals surface area contributed by atoms with Gasteiger partial charge >= 0.3 is 5.97 Å². The van der Waals surface area contributed by atoms with Crippen LogP contribution < -0.4 is 5.32 Å². The van der Waals surface area contributed by atoms with E-state index in [9.17, 15) is 13.2 Å². The van der Waals surface area contributed by atoms with E-state index in [4.69, 9.17) is 5.11 Å². The van der Waals surface area contributed by atoms with Crippen molar-refractivity contribution in [2.75, 3.05) is 11.9 Å². The van der Waals surface area contributed by atoms with Crippen LogP contribution in [0, 0.1) is 0 Å². The van der Waals surface area contributed by atoms with Crippen LogP contribution in [-0.2, 0) is 21.1 Å². The molecule has 0 aliphatic carbocycles. The van der Waals surface area contributed by atoms with Gasteiger partial charge in [-0.25, -0.2) is 8.42 Å². The van der Waals surface area contributed by atoms with Crippen molar-refractivity contribution >= 4 is 21.5 Å². The highest BCUT2D eigenvalue weighted by molar-refractivity contribution is 7.93. The fourth-order valence-corrected chi connectivity index (χ4v) is 3.49. The Bertz CT molecular complexity index is 565. The molecule has 1 unspecified atom stereocenters. The first-order valence-corrected chi connectivity index (χ1v) is 6.85. The summed E-state index contributed by atoms with van der Waals surface area (Å²) in [5.41, 5.74) is 1.36. The molecule has 1 atom stereocenters. The number of sulfone groups is 1. The summed E-state index contributed by atoms with van der Waals surface area (Å²) in [5, 5.41) is 10.3. The Morgan fingerprint density at radius 2 is 2.24 bits per heavy atom. The fourth-order valence-electron chi connectivity index (χ4n) is 1.85. The number of fused-ring (bicyclic) bond motifs is 1. The number of hydrogen-bond donors (Lipinski definition) is 2. The van der Waals surface area contributed by atoms with Gasteiger partial charge in [-0.2, -0.15) is 0 Å². The summed E-state index contributed by atoms with van der Waals surface area (Å²) in [5.74, 6) is -1.31. The van der Waals surface area contributed by atoms with E-state index >= 15 is 0 Å². The van der Waals surface area contributed by atoms with Crippen molar-refractivity contribution in [1.29, 1.82) is 0 Å². The summed E-state index contributed by atoms with van der Waals surface area (Å²) in [7, 11) is -3.78. The average Bonchev–Trinajstić information content (AvgIpc) is 2.28. The average molecular weight is 255 g/mol. The highest BCUT2D eigenvalue weighted by Gasteiger charge is 2.38. The smallest absolute Gasteiger partial charge is 0.324 e. The highest BCUT2D eigenvalue weighted by atomic mass is 32.2. The number of hydrogen-bond acceptors (Lipinski definition) is 4. The lowest BCUT2D eigenvalue weighted by molar-refractivity contribution is -0.136. The van der Waals surface area contributed by atoms with E-state index < -0.39 is 21.1 Å². The van der Waals surface area contributed by atoms with Crippen LogP contribution in [0.25, 0.3) is 0 Å². The van der Waals surface area contributed by atoms with Crippen LogP contribution in [0.3, 0.4) is 0 Å². The lowest BCUT2D eigenvalue weighted by atomic mass is 10.1. The van der Waals surface area contributed by atoms with Crippen molar-refractivity contribution < 1.29 is 18.3 Å². The highest BCUT2D eigenvalue weighted by Crippen LogP contribution is 2.30. The first kappa shape index (κ1) is 11.9. The Labute approximate surface area is 99.4 Å². The van der Waals surface area contributed by atoms with Gasteiger partial charge in [-0.15, -0.1) is 0 Å². The summed E-state index contributed by atoms with van der Waals surface area (Å²) >= 11 is 0. The summed E-state index contributed by atoms with van der Waals surface area (Å²) in [6.07, 6.45) is 0.709. The minimum absolute atomic E-state index is 0.0872. The maximum atomic E-state index is 12.1. The van der Waals surface area contributed by atoms with Gasteiger partial charge in [0.25, 0.3) is 0 Å². The van der Waals surface area contributed by atoms with Gasteiger partial charge < -0.3 is 10.4 Å². The van der Waals surface area contributed by atoms with E-state index in [1.165, 1.54) is 0 Å². The second-order valence-corrected chi connectivity index (χ2v) is 6.04. The number of carboxylic acids is 1. The molecule has 2 N–H and O–H groups in total. The lowest BCUT2D eigenvalue weighted by Crippen LogP contribution is -2.40. The maximum Gasteiger partial charge on any atom is 0.324 e. The normalized spacial score (nSPS) is 21.4. The first-order valence-electron chi connectivity index (χ1n) is 5.30. The molecule has 1 heterocycles. The predicted octanol–water partition coefficient (Wildman–Crippen LogP) is 0.901. The lowest BCUT2D eigenvalue weighted by Gasteiger charge is -2.24. The Hall–Kier alpha value is -1.56. The molecule has 17 heavy (non-hydrogen) atoms. The SMILES string of the molecule is CCc1ccc2c(c1)S(=O)(=O)C(C(=O)O)CN2. The van der Waals surface area contributed by atoms with Crippen LogP contribution in [0.1, 0.15) is 12.5 Å². The van der Waals surface area contributed by atoms with E-state index in [0.717, 1.165) is 5.56 Å². The van der Waals surface area contributed by atoms with Gasteiger partial charge in [0, 0.05) is 6.54 Å². The van der Waals surface area contributed by atoms with E-state index in [1.807, 2.05) is 13.0 Å². The van der Waals surface area contributed by atoms with E-state index in [2.05, 4.69) is 5.32 Å². The number of nitrogens with one attached hydrogen (secondary N) is 1. The van der Waals surface area contributed by atoms with Crippen molar-refractivity contribution in [3.63, 3.8) is 0 Å². The molecule has 2 rings (SSSR count). The van der Waals surface area contributed by atoms with Gasteiger partial charge in [0.05, 0.1) is 10.6 Å². The molecule has 1 aromatic rings. The van der Waals surface area contributed by atoms with Crippen LogP contribution in [0.2, 0.25) is 0 Å². The molecule has 6 heteroatoms. The van der Waals surface area contributed by atoms with Crippen molar-refractivity contribution in [3.8, 4) is 0 Å². The fraction of sp³-hybridized carbons (Fsp3) is 0.364. The third-order valence-corrected chi connectivity index (χ3v) is 4.96. The van der Waals surface area contributed by atoms with Gasteiger partial charge in [0.1, 0.15) is 0 Å². The third kappa shape index (κ3) is 1.88. The van der Waals surface area contributed by atoms with Gasteiger partial charge in [-0.3, -0.25) is 4.79 Å². The molecule has 0 spiro atoms. The Kier molecular flexibility index (Phi) is 2.82. The van der Waals surface area contributed by atoms with E-state index in [0.29, 0.717) is 12.1 Å². The van der Waals surface area contributed by atoms with Gasteiger partial charge in [-0.05, 0) is 24.1 Å². The topological polar surface area (TPSA) is 83.5 Å². The van der Waals surface area contributed by atoms with Gasteiger partial charge in [0.15, 0.2) is 15.1 Å². The molecule has 1 aromatic carbocycles. The summed E-state index contributed by atoms with van der Waals surface area (Å²) in [4.78, 5) is 11.0. The number of aliphatic carboxylic acids is 1. The quantitative estimate of drug-likeness (QED) is 0.820. The zero-order valence-electron chi connectivity index (χ0n) is 9.30. The standard InChI is InChI=1S/C11H13NO4S/c1-2-7-3-4-8-9(5-7)17(15,16)10(6-12-8)11(13)14/h3-5,10,12H,2,6H2,1H3,(H,13,14). The predicted molar refractivity (Wildman–Crippen MR) is 62.9 cm³/mol. The number of rotatable bonds is 2. The molecule has 0 saturated carbocycles. The molecular formula is C11H13NO4S. The molecule has 0 fully saturated rings. The summed E-state index contributed by atoms with van der Waals surface area (Å²) in [6, 6.07) is 5.07. The second kappa shape index (κ2) is 4.03. The second-order valence-electron chi connectivity index (χ2n) is 3.94. The number of aryl methyl sites for hydroxylation is 1. The molecule has 1 aliphatic rings. The molecule has 92 valence electrons. The number of carbonyl (C=O) groups is 1. The van der Waals surface area contributed by atoms with Crippen molar-refractivity contribution in [1.82, 2.24) is 0 Å². The van der Waals surface area contributed by atoms with E-state index in [-0.39, 0.29) is 11.4 Å². The molecule has 0 radical (unpaired) electrons. The van der Waals surface area contributed by atoms with Crippen molar-refractivity contribution in [3.05, 3.63) is 23.8 Å². The third-order valence-electron chi connectivity index (χ3n) is 2.89. The zero-order chi connectivity index (χ0) is 12.6. The summed E-state index contributed by atoms with van der Waals surface area (Å²) < 4.78 is 24.2. The van der Waals surface area contributed by atoms with Crippen LogP contribution in [0.15, 0.2) is 23.1 Å². The zero-order valence-corrected chi connectivity index (χ0v) is 10.1. The largest absolute Gasteiger partial charge is 0.480 e. The molecular weight excluding hydrogens is 242 g/mol. The number of anilines is 1. The molecule has 0 bridgehead atoms. The Morgan fingerprint density at radius 1 is 1.53 bits per heavy atom. The molecule has 0 amide bonds.